The molecule has 0 spiro atoms. The smallest absolute Gasteiger partial charge is 0.387 e. The van der Waals surface area contributed by atoms with Gasteiger partial charge in [-0.1, -0.05) is 48.5 Å². The molecule has 158 valence electrons. The fourth-order valence-corrected chi connectivity index (χ4v) is 3.05. The Morgan fingerprint density at radius 3 is 2.63 bits per heavy atom. The Bertz CT molecular complexity index is 943. The Morgan fingerprint density at radius 1 is 1.10 bits per heavy atom. The van der Waals surface area contributed by atoms with Gasteiger partial charge in [0.05, 0.1) is 0 Å². The summed E-state index contributed by atoms with van der Waals surface area (Å²) in [6, 6.07) is 16.9. The first-order valence-electron chi connectivity index (χ1n) is 9.67. The molecule has 0 bridgehead atoms. The molecule has 0 radical (unpaired) electrons. The highest BCUT2D eigenvalue weighted by atomic mass is 19.3. The maximum absolute atomic E-state index is 12.6. The van der Waals surface area contributed by atoms with Gasteiger partial charge in [-0.2, -0.15) is 8.78 Å². The number of alkyl halides is 2. The van der Waals surface area contributed by atoms with Crippen LogP contribution in [-0.2, 0) is 19.5 Å². The third-order valence-corrected chi connectivity index (χ3v) is 4.50. The van der Waals surface area contributed by atoms with E-state index >= 15 is 0 Å². The number of hydrogen-bond acceptors (Lipinski definition) is 3. The number of aliphatic imine (C=N–C) groups is 1. The van der Waals surface area contributed by atoms with E-state index in [0.717, 1.165) is 12.4 Å². The van der Waals surface area contributed by atoms with Gasteiger partial charge in [-0.3, -0.25) is 4.99 Å². The Balaban J connectivity index is 1.50. The molecule has 3 rings (SSSR count). The van der Waals surface area contributed by atoms with Crippen LogP contribution >= 0.6 is 0 Å². The maximum Gasteiger partial charge on any atom is 0.387 e. The molecular weight excluding hydrogens is 388 g/mol. The molecular formula is C22H25F2N5O. The van der Waals surface area contributed by atoms with Gasteiger partial charge < -0.3 is 19.9 Å². The lowest BCUT2D eigenvalue weighted by Gasteiger charge is -2.15. The minimum Gasteiger partial charge on any atom is -0.434 e. The molecule has 0 amide bonds. The van der Waals surface area contributed by atoms with Crippen LogP contribution in [0.1, 0.15) is 17.0 Å². The van der Waals surface area contributed by atoms with Crippen molar-refractivity contribution in [3.8, 4) is 5.75 Å². The van der Waals surface area contributed by atoms with Crippen molar-refractivity contribution in [3.05, 3.63) is 83.9 Å². The van der Waals surface area contributed by atoms with Crippen LogP contribution in [0.2, 0.25) is 0 Å². The first-order valence-corrected chi connectivity index (χ1v) is 9.67. The molecule has 0 aliphatic rings. The summed E-state index contributed by atoms with van der Waals surface area (Å²) in [6.45, 7) is -1.15. The largest absolute Gasteiger partial charge is 0.434 e. The molecule has 8 heteroatoms. The summed E-state index contributed by atoms with van der Waals surface area (Å²) < 4.78 is 31.8. The highest BCUT2D eigenvalue weighted by molar-refractivity contribution is 5.79. The molecule has 0 aliphatic carbocycles. The monoisotopic (exact) mass is 413 g/mol. The van der Waals surface area contributed by atoms with Gasteiger partial charge in [-0.15, -0.1) is 0 Å². The number of guanidine groups is 1. The van der Waals surface area contributed by atoms with E-state index < -0.39 is 6.61 Å². The molecule has 30 heavy (non-hydrogen) atoms. The molecule has 0 saturated heterocycles. The first kappa shape index (κ1) is 21.3. The summed E-state index contributed by atoms with van der Waals surface area (Å²) >= 11 is 0. The number of nitrogens with zero attached hydrogens (tertiary/aromatic N) is 3. The SMILES string of the molecule is CN=C(NCCc1nccn1Cc1ccccc1)NCc1ccccc1OC(F)F. The molecule has 0 fully saturated rings. The van der Waals surface area contributed by atoms with E-state index in [-0.39, 0.29) is 5.75 Å². The highest BCUT2D eigenvalue weighted by Crippen LogP contribution is 2.19. The van der Waals surface area contributed by atoms with Crippen molar-refractivity contribution in [1.82, 2.24) is 20.2 Å². The number of para-hydroxylation sites is 1. The number of aromatic nitrogens is 2. The number of ether oxygens (including phenoxy) is 1. The molecule has 0 unspecified atom stereocenters. The van der Waals surface area contributed by atoms with Gasteiger partial charge in [0.25, 0.3) is 0 Å². The van der Waals surface area contributed by atoms with E-state index in [1.165, 1.54) is 11.6 Å². The van der Waals surface area contributed by atoms with E-state index in [9.17, 15) is 8.78 Å². The zero-order chi connectivity index (χ0) is 21.2. The molecule has 1 heterocycles. The summed E-state index contributed by atoms with van der Waals surface area (Å²) in [5.41, 5.74) is 1.84. The van der Waals surface area contributed by atoms with Gasteiger partial charge in [0.15, 0.2) is 5.96 Å². The first-order chi connectivity index (χ1) is 14.7. The molecule has 0 saturated carbocycles. The molecule has 2 aromatic carbocycles. The summed E-state index contributed by atoms with van der Waals surface area (Å²) in [4.78, 5) is 8.62. The molecule has 3 aromatic rings. The van der Waals surface area contributed by atoms with Gasteiger partial charge in [0.1, 0.15) is 11.6 Å². The van der Waals surface area contributed by atoms with Gasteiger partial charge in [0, 0.05) is 51.1 Å². The van der Waals surface area contributed by atoms with Crippen molar-refractivity contribution >= 4 is 5.96 Å². The number of hydrogen-bond donors (Lipinski definition) is 2. The maximum atomic E-state index is 12.6. The lowest BCUT2D eigenvalue weighted by molar-refractivity contribution is -0.0504. The average molecular weight is 413 g/mol. The predicted molar refractivity (Wildman–Crippen MR) is 113 cm³/mol. The lowest BCUT2D eigenvalue weighted by Crippen LogP contribution is -2.38. The zero-order valence-electron chi connectivity index (χ0n) is 16.8. The van der Waals surface area contributed by atoms with Crippen molar-refractivity contribution < 1.29 is 13.5 Å². The van der Waals surface area contributed by atoms with Crippen LogP contribution in [-0.4, -0.2) is 35.7 Å². The van der Waals surface area contributed by atoms with Crippen LogP contribution in [0.25, 0.3) is 0 Å². The van der Waals surface area contributed by atoms with Crippen molar-refractivity contribution in [1.29, 1.82) is 0 Å². The fraction of sp³-hybridized carbons (Fsp3) is 0.273. The van der Waals surface area contributed by atoms with Crippen molar-refractivity contribution in [2.24, 2.45) is 4.99 Å². The standard InChI is InChI=1S/C22H25F2N5O/c1-25-22(28-15-18-9-5-6-10-19(18)30-21(23)24)27-12-11-20-26-13-14-29(20)16-17-7-3-2-4-8-17/h2-10,13-14,21H,11-12,15-16H2,1H3,(H2,25,27,28). The molecule has 2 N–H and O–H groups in total. The van der Waals surface area contributed by atoms with E-state index in [4.69, 9.17) is 0 Å². The molecule has 1 aromatic heterocycles. The summed E-state index contributed by atoms with van der Waals surface area (Å²) in [5.74, 6) is 1.69. The summed E-state index contributed by atoms with van der Waals surface area (Å²) in [5, 5.41) is 6.35. The van der Waals surface area contributed by atoms with E-state index in [1.54, 1.807) is 31.4 Å². The molecule has 0 aliphatic heterocycles. The third kappa shape index (κ3) is 6.30. The third-order valence-electron chi connectivity index (χ3n) is 4.50. The van der Waals surface area contributed by atoms with Crippen molar-refractivity contribution in [2.75, 3.05) is 13.6 Å². The number of benzene rings is 2. The Morgan fingerprint density at radius 2 is 1.87 bits per heavy atom. The average Bonchev–Trinajstić information content (AvgIpc) is 3.18. The topological polar surface area (TPSA) is 63.5 Å². The van der Waals surface area contributed by atoms with Crippen LogP contribution in [0.5, 0.6) is 5.75 Å². The molecule has 0 atom stereocenters. The number of rotatable bonds is 9. The lowest BCUT2D eigenvalue weighted by atomic mass is 10.2. The van der Waals surface area contributed by atoms with Crippen LogP contribution in [0.15, 0.2) is 72.0 Å². The highest BCUT2D eigenvalue weighted by Gasteiger charge is 2.10. The van der Waals surface area contributed by atoms with Gasteiger partial charge >= 0.3 is 6.61 Å². The van der Waals surface area contributed by atoms with Crippen LogP contribution < -0.4 is 15.4 Å². The second-order valence-corrected chi connectivity index (χ2v) is 6.55. The van der Waals surface area contributed by atoms with E-state index in [2.05, 4.69) is 42.0 Å². The molecule has 6 nitrogen and oxygen atoms in total. The van der Waals surface area contributed by atoms with Gasteiger partial charge in [-0.05, 0) is 11.6 Å². The zero-order valence-corrected chi connectivity index (χ0v) is 16.8. The van der Waals surface area contributed by atoms with E-state index in [1.807, 2.05) is 24.4 Å². The van der Waals surface area contributed by atoms with Gasteiger partial charge in [0.2, 0.25) is 0 Å². The number of nitrogens with one attached hydrogen (secondary N) is 2. The Kier molecular flexibility index (Phi) is 7.77. The summed E-state index contributed by atoms with van der Waals surface area (Å²) in [6.07, 6.45) is 4.48. The van der Waals surface area contributed by atoms with Crippen LogP contribution in [0.4, 0.5) is 8.78 Å². The Hall–Kier alpha value is -3.42. The Labute approximate surface area is 174 Å². The van der Waals surface area contributed by atoms with E-state index in [0.29, 0.717) is 31.0 Å². The number of imidazole rings is 1. The van der Waals surface area contributed by atoms with Crippen molar-refractivity contribution in [3.63, 3.8) is 0 Å². The minimum absolute atomic E-state index is 0.151. The minimum atomic E-state index is -2.86. The second kappa shape index (κ2) is 10.9. The van der Waals surface area contributed by atoms with Gasteiger partial charge in [-0.25, -0.2) is 4.98 Å². The predicted octanol–water partition coefficient (Wildman–Crippen LogP) is 3.44. The van der Waals surface area contributed by atoms with Crippen LogP contribution in [0, 0.1) is 0 Å². The van der Waals surface area contributed by atoms with Crippen molar-refractivity contribution in [2.45, 2.75) is 26.1 Å². The quantitative estimate of drug-likeness (QED) is 0.417. The summed E-state index contributed by atoms with van der Waals surface area (Å²) in [7, 11) is 1.66. The normalized spacial score (nSPS) is 11.5. The van der Waals surface area contributed by atoms with Crippen LogP contribution in [0.3, 0.4) is 0 Å². The number of halogens is 2. The second-order valence-electron chi connectivity index (χ2n) is 6.55. The fourth-order valence-electron chi connectivity index (χ4n) is 3.05.